The van der Waals surface area contributed by atoms with Crippen LogP contribution < -0.4 is 5.73 Å². The molecule has 0 saturated heterocycles. The Morgan fingerprint density at radius 2 is 1.40 bits per heavy atom. The highest BCUT2D eigenvalue weighted by Crippen LogP contribution is 2.10. The monoisotopic (exact) mass is 300 g/mol. The Bertz CT molecular complexity index is 231. The van der Waals surface area contributed by atoms with Crippen LogP contribution in [0, 0.1) is 5.92 Å². The zero-order chi connectivity index (χ0) is 15.2. The third kappa shape index (κ3) is 12.9. The van der Waals surface area contributed by atoms with Crippen molar-refractivity contribution in [1.82, 2.24) is 4.90 Å². The predicted molar refractivity (Wildman–Crippen MR) is 95.3 cm³/mol. The molecule has 0 rings (SSSR count). The SMILES string of the molecule is CCCCCCCCCCCCN(C)CC(C)C(N)=S. The number of hydrogen-bond acceptors (Lipinski definition) is 2. The highest BCUT2D eigenvalue weighted by molar-refractivity contribution is 7.80. The van der Waals surface area contributed by atoms with E-state index in [4.69, 9.17) is 18.0 Å². The van der Waals surface area contributed by atoms with Crippen molar-refractivity contribution in [2.24, 2.45) is 11.7 Å². The molecule has 0 bridgehead atoms. The molecule has 0 aliphatic carbocycles. The maximum Gasteiger partial charge on any atom is 0.0768 e. The van der Waals surface area contributed by atoms with Crippen LogP contribution in [-0.4, -0.2) is 30.0 Å². The molecular formula is C17H36N2S. The first kappa shape index (κ1) is 19.9. The summed E-state index contributed by atoms with van der Waals surface area (Å²) in [4.78, 5) is 2.99. The zero-order valence-electron chi connectivity index (χ0n) is 14.0. The lowest BCUT2D eigenvalue weighted by Crippen LogP contribution is -2.32. The standard InChI is InChI=1S/C17H36N2S/c1-4-5-6-7-8-9-10-11-12-13-14-19(3)15-16(2)17(18)20/h16H,4-15H2,1-3H3,(H2,18,20). The molecule has 3 heteroatoms. The summed E-state index contributed by atoms with van der Waals surface area (Å²) < 4.78 is 0. The van der Waals surface area contributed by atoms with E-state index in [9.17, 15) is 0 Å². The Labute approximate surface area is 132 Å². The van der Waals surface area contributed by atoms with Crippen LogP contribution >= 0.6 is 12.2 Å². The molecule has 0 radical (unpaired) electrons. The van der Waals surface area contributed by atoms with Gasteiger partial charge in [-0.2, -0.15) is 0 Å². The van der Waals surface area contributed by atoms with Gasteiger partial charge in [0.15, 0.2) is 0 Å². The summed E-state index contributed by atoms with van der Waals surface area (Å²) in [7, 11) is 2.17. The molecule has 2 nitrogen and oxygen atoms in total. The predicted octanol–water partition coefficient (Wildman–Crippen LogP) is 4.76. The number of thiocarbonyl (C=S) groups is 1. The highest BCUT2D eigenvalue weighted by atomic mass is 32.1. The fourth-order valence-electron chi connectivity index (χ4n) is 2.52. The van der Waals surface area contributed by atoms with Gasteiger partial charge in [-0.25, -0.2) is 0 Å². The Morgan fingerprint density at radius 3 is 1.85 bits per heavy atom. The molecule has 0 saturated carbocycles. The van der Waals surface area contributed by atoms with Crippen molar-refractivity contribution in [2.75, 3.05) is 20.1 Å². The average molecular weight is 301 g/mol. The van der Waals surface area contributed by atoms with E-state index in [1.54, 1.807) is 0 Å². The summed E-state index contributed by atoms with van der Waals surface area (Å²) in [5.41, 5.74) is 5.64. The van der Waals surface area contributed by atoms with Crippen LogP contribution in [0.1, 0.15) is 78.1 Å². The fraction of sp³-hybridized carbons (Fsp3) is 0.941. The molecule has 0 aliphatic heterocycles. The number of rotatable bonds is 14. The molecule has 120 valence electrons. The highest BCUT2D eigenvalue weighted by Gasteiger charge is 2.08. The zero-order valence-corrected chi connectivity index (χ0v) is 14.8. The van der Waals surface area contributed by atoms with Crippen molar-refractivity contribution >= 4 is 17.2 Å². The largest absolute Gasteiger partial charge is 0.393 e. The lowest BCUT2D eigenvalue weighted by molar-refractivity contribution is 0.306. The molecule has 2 N–H and O–H groups in total. The molecule has 0 spiro atoms. The van der Waals surface area contributed by atoms with Crippen LogP contribution in [0.25, 0.3) is 0 Å². The van der Waals surface area contributed by atoms with Gasteiger partial charge in [-0.1, -0.05) is 83.9 Å². The lowest BCUT2D eigenvalue weighted by atomic mass is 10.1. The first-order valence-corrected chi connectivity index (χ1v) is 8.96. The topological polar surface area (TPSA) is 29.3 Å². The maximum atomic E-state index is 5.64. The van der Waals surface area contributed by atoms with E-state index < -0.39 is 0 Å². The van der Waals surface area contributed by atoms with Gasteiger partial charge in [0.1, 0.15) is 0 Å². The van der Waals surface area contributed by atoms with Gasteiger partial charge >= 0.3 is 0 Å². The van der Waals surface area contributed by atoms with Crippen molar-refractivity contribution in [3.05, 3.63) is 0 Å². The Kier molecular flexibility index (Phi) is 13.7. The second-order valence-corrected chi connectivity index (χ2v) is 6.72. The van der Waals surface area contributed by atoms with Crippen molar-refractivity contribution in [2.45, 2.75) is 78.1 Å². The van der Waals surface area contributed by atoms with Gasteiger partial charge in [0.2, 0.25) is 0 Å². The van der Waals surface area contributed by atoms with E-state index in [0.29, 0.717) is 10.9 Å². The van der Waals surface area contributed by atoms with E-state index >= 15 is 0 Å². The van der Waals surface area contributed by atoms with Crippen LogP contribution in [0.3, 0.4) is 0 Å². The second-order valence-electron chi connectivity index (χ2n) is 6.25. The van der Waals surface area contributed by atoms with Crippen molar-refractivity contribution in [1.29, 1.82) is 0 Å². The van der Waals surface area contributed by atoms with E-state index in [2.05, 4.69) is 25.8 Å². The molecule has 0 heterocycles. The quantitative estimate of drug-likeness (QED) is 0.370. The van der Waals surface area contributed by atoms with Gasteiger partial charge < -0.3 is 10.6 Å². The van der Waals surface area contributed by atoms with Crippen molar-refractivity contribution < 1.29 is 0 Å². The molecule has 20 heavy (non-hydrogen) atoms. The molecule has 0 amide bonds. The van der Waals surface area contributed by atoms with E-state index in [0.717, 1.165) is 6.54 Å². The average Bonchev–Trinajstić information content (AvgIpc) is 2.40. The first-order chi connectivity index (χ1) is 9.57. The Morgan fingerprint density at radius 1 is 0.950 bits per heavy atom. The molecular weight excluding hydrogens is 264 g/mol. The van der Waals surface area contributed by atoms with Crippen LogP contribution in [0.5, 0.6) is 0 Å². The first-order valence-electron chi connectivity index (χ1n) is 8.55. The maximum absolute atomic E-state index is 5.64. The van der Waals surface area contributed by atoms with Gasteiger partial charge in [0.05, 0.1) is 4.99 Å². The van der Waals surface area contributed by atoms with Gasteiger partial charge in [0, 0.05) is 12.5 Å². The fourth-order valence-corrected chi connectivity index (χ4v) is 2.59. The summed E-state index contributed by atoms with van der Waals surface area (Å²) >= 11 is 5.01. The van der Waals surface area contributed by atoms with Crippen LogP contribution in [0.2, 0.25) is 0 Å². The summed E-state index contributed by atoms with van der Waals surface area (Å²) in [6.45, 7) is 6.55. The summed E-state index contributed by atoms with van der Waals surface area (Å²) in [5.74, 6) is 0.332. The van der Waals surface area contributed by atoms with Gasteiger partial charge in [-0.15, -0.1) is 0 Å². The number of unbranched alkanes of at least 4 members (excludes halogenated alkanes) is 9. The molecule has 0 aromatic carbocycles. The third-order valence-electron chi connectivity index (χ3n) is 3.96. The van der Waals surface area contributed by atoms with Crippen molar-refractivity contribution in [3.63, 3.8) is 0 Å². The van der Waals surface area contributed by atoms with Gasteiger partial charge in [0.25, 0.3) is 0 Å². The second kappa shape index (κ2) is 13.8. The Hall–Kier alpha value is -0.150. The van der Waals surface area contributed by atoms with Crippen molar-refractivity contribution in [3.8, 4) is 0 Å². The minimum Gasteiger partial charge on any atom is -0.393 e. The lowest BCUT2D eigenvalue weighted by Gasteiger charge is -2.20. The molecule has 0 aromatic heterocycles. The van der Waals surface area contributed by atoms with E-state index in [1.807, 2.05) is 0 Å². The van der Waals surface area contributed by atoms with Crippen LogP contribution in [-0.2, 0) is 0 Å². The summed E-state index contributed by atoms with van der Waals surface area (Å²) in [6, 6.07) is 0. The van der Waals surface area contributed by atoms with Crippen LogP contribution in [0.4, 0.5) is 0 Å². The molecule has 1 unspecified atom stereocenters. The van der Waals surface area contributed by atoms with Gasteiger partial charge in [-0.05, 0) is 20.0 Å². The summed E-state index contributed by atoms with van der Waals surface area (Å²) in [5, 5.41) is 0. The summed E-state index contributed by atoms with van der Waals surface area (Å²) in [6.07, 6.45) is 14.0. The van der Waals surface area contributed by atoms with E-state index in [1.165, 1.54) is 70.8 Å². The molecule has 1 atom stereocenters. The molecule has 0 aliphatic rings. The van der Waals surface area contributed by atoms with Crippen LogP contribution in [0.15, 0.2) is 0 Å². The normalized spacial score (nSPS) is 12.8. The van der Waals surface area contributed by atoms with Gasteiger partial charge in [-0.3, -0.25) is 0 Å². The third-order valence-corrected chi connectivity index (χ3v) is 4.37. The molecule has 0 aromatic rings. The minimum absolute atomic E-state index is 0.332. The smallest absolute Gasteiger partial charge is 0.0768 e. The van der Waals surface area contributed by atoms with E-state index in [-0.39, 0.29) is 0 Å². The number of hydrogen-bond donors (Lipinski definition) is 1. The number of nitrogens with two attached hydrogens (primary N) is 1. The Balaban J connectivity index is 3.25. The number of nitrogens with zero attached hydrogens (tertiary/aromatic N) is 1. The molecule has 0 fully saturated rings. The minimum atomic E-state index is 0.332.